The molecule has 8 heteroatoms. The van der Waals surface area contributed by atoms with Crippen molar-refractivity contribution in [2.45, 2.75) is 38.6 Å². The van der Waals surface area contributed by atoms with E-state index in [0.29, 0.717) is 35.3 Å². The first-order chi connectivity index (χ1) is 17.5. The minimum Gasteiger partial charge on any atom is -0.455 e. The van der Waals surface area contributed by atoms with Gasteiger partial charge in [-0.1, -0.05) is 60.5 Å². The fraction of sp³-hybridized carbons (Fsp3) is 0.357. The normalized spacial score (nSPS) is 21.1. The number of ketones is 1. The zero-order chi connectivity index (χ0) is 25.1. The highest BCUT2D eigenvalue weighted by Crippen LogP contribution is 2.40. The molecule has 1 aromatic heterocycles. The van der Waals surface area contributed by atoms with Crippen LogP contribution in [-0.4, -0.2) is 29.3 Å². The Balaban J connectivity index is 1.29. The number of rotatable bonds is 7. The van der Waals surface area contributed by atoms with E-state index in [1.54, 1.807) is 17.0 Å². The number of hydrogen-bond acceptors (Lipinski definition) is 6. The Hall–Kier alpha value is -3.03. The van der Waals surface area contributed by atoms with Gasteiger partial charge >= 0.3 is 5.97 Å². The monoisotopic (exact) mass is 522 g/mol. The van der Waals surface area contributed by atoms with Crippen LogP contribution in [0.2, 0.25) is 5.02 Å². The number of ether oxygens (including phenoxy) is 1. The van der Waals surface area contributed by atoms with E-state index >= 15 is 0 Å². The average molecular weight is 523 g/mol. The molecule has 2 bridgehead atoms. The predicted octanol–water partition coefficient (Wildman–Crippen LogP) is 5.94. The van der Waals surface area contributed by atoms with Crippen LogP contribution in [0.25, 0.3) is 11.3 Å². The number of nitrogens with zero attached hydrogens (tertiary/aromatic N) is 2. The molecule has 0 radical (unpaired) electrons. The first kappa shape index (κ1) is 24.7. The Morgan fingerprint density at radius 2 is 1.72 bits per heavy atom. The van der Waals surface area contributed by atoms with Crippen LogP contribution >= 0.6 is 22.9 Å². The van der Waals surface area contributed by atoms with Gasteiger partial charge in [0, 0.05) is 27.8 Å². The summed E-state index contributed by atoms with van der Waals surface area (Å²) >= 11 is 7.37. The summed E-state index contributed by atoms with van der Waals surface area (Å²) in [5.41, 5.74) is 2.59. The van der Waals surface area contributed by atoms with Crippen molar-refractivity contribution >= 4 is 45.7 Å². The van der Waals surface area contributed by atoms with Crippen LogP contribution in [0.15, 0.2) is 60.0 Å². The Bertz CT molecular complexity index is 1230. The number of amides is 1. The third-order valence-electron chi connectivity index (χ3n) is 7.07. The van der Waals surface area contributed by atoms with Gasteiger partial charge < -0.3 is 4.74 Å². The van der Waals surface area contributed by atoms with E-state index in [-0.39, 0.29) is 36.2 Å². The Labute approximate surface area is 219 Å². The lowest BCUT2D eigenvalue weighted by Crippen LogP contribution is -2.40. The lowest BCUT2D eigenvalue weighted by molar-refractivity contribution is -0.156. The number of halogens is 1. The van der Waals surface area contributed by atoms with Crippen molar-refractivity contribution < 1.29 is 19.1 Å². The van der Waals surface area contributed by atoms with E-state index in [1.165, 1.54) is 11.3 Å². The second-order valence-corrected chi connectivity index (χ2v) is 10.8. The number of carbonyl (C=O) groups excluding carboxylic acids is 3. The Morgan fingerprint density at radius 3 is 2.42 bits per heavy atom. The summed E-state index contributed by atoms with van der Waals surface area (Å²) in [5.74, 6) is -0.811. The van der Waals surface area contributed by atoms with Crippen LogP contribution in [0.5, 0.6) is 0 Å². The van der Waals surface area contributed by atoms with Gasteiger partial charge in [-0.15, -0.1) is 11.3 Å². The number of thiazole rings is 1. The first-order valence-electron chi connectivity index (χ1n) is 12.2. The molecular weight excluding hydrogens is 496 g/mol. The summed E-state index contributed by atoms with van der Waals surface area (Å²) in [6.45, 7) is -0.0474. The number of fused-ring (bicyclic) bond motifs is 2. The summed E-state index contributed by atoms with van der Waals surface area (Å²) in [5, 5.41) is 3.07. The second-order valence-electron chi connectivity index (χ2n) is 9.49. The van der Waals surface area contributed by atoms with Gasteiger partial charge in [-0.2, -0.15) is 0 Å². The van der Waals surface area contributed by atoms with Gasteiger partial charge in [0.25, 0.3) is 5.91 Å². The predicted molar refractivity (Wildman–Crippen MR) is 140 cm³/mol. The molecule has 0 unspecified atom stereocenters. The molecule has 2 aliphatic rings. The summed E-state index contributed by atoms with van der Waals surface area (Å²) in [4.78, 5) is 44.8. The molecule has 0 saturated heterocycles. The van der Waals surface area contributed by atoms with Crippen molar-refractivity contribution in [1.29, 1.82) is 0 Å². The van der Waals surface area contributed by atoms with Crippen molar-refractivity contribution in [2.24, 2.45) is 17.8 Å². The Morgan fingerprint density at radius 1 is 1.03 bits per heavy atom. The number of esters is 1. The lowest BCUT2D eigenvalue weighted by atomic mass is 9.67. The van der Waals surface area contributed by atoms with Crippen LogP contribution < -0.4 is 4.90 Å². The molecule has 2 aliphatic carbocycles. The van der Waals surface area contributed by atoms with Gasteiger partial charge in [-0.25, -0.2) is 4.98 Å². The fourth-order valence-electron chi connectivity index (χ4n) is 5.17. The van der Waals surface area contributed by atoms with Crippen LogP contribution in [0.3, 0.4) is 0 Å². The van der Waals surface area contributed by atoms with Crippen molar-refractivity contribution in [1.82, 2.24) is 4.98 Å². The summed E-state index contributed by atoms with van der Waals surface area (Å²) in [6, 6.07) is 17.0. The quantitative estimate of drug-likeness (QED) is 0.359. The van der Waals surface area contributed by atoms with E-state index in [2.05, 4.69) is 0 Å². The number of hydrogen-bond donors (Lipinski definition) is 0. The molecule has 6 nitrogen and oxygen atoms in total. The number of anilines is 1. The van der Waals surface area contributed by atoms with Gasteiger partial charge in [0.1, 0.15) is 5.78 Å². The molecule has 3 aromatic rings. The summed E-state index contributed by atoms with van der Waals surface area (Å²) < 4.78 is 5.51. The van der Waals surface area contributed by atoms with Crippen molar-refractivity contribution in [3.05, 3.63) is 70.6 Å². The lowest BCUT2D eigenvalue weighted by Gasteiger charge is -2.36. The van der Waals surface area contributed by atoms with Crippen molar-refractivity contribution in [3.63, 3.8) is 0 Å². The smallest absolute Gasteiger partial charge is 0.309 e. The van der Waals surface area contributed by atoms with Gasteiger partial charge in [-0.05, 0) is 43.4 Å². The molecule has 1 heterocycles. The van der Waals surface area contributed by atoms with E-state index in [9.17, 15) is 14.4 Å². The van der Waals surface area contributed by atoms with Crippen molar-refractivity contribution in [2.75, 3.05) is 11.5 Å². The number of aromatic nitrogens is 1. The highest BCUT2D eigenvalue weighted by Gasteiger charge is 2.42. The van der Waals surface area contributed by atoms with Crippen LogP contribution in [0, 0.1) is 17.8 Å². The maximum atomic E-state index is 13.3. The molecule has 0 N–H and O–H groups in total. The summed E-state index contributed by atoms with van der Waals surface area (Å²) in [6.07, 6.45) is 3.81. The maximum Gasteiger partial charge on any atom is 0.309 e. The third kappa shape index (κ3) is 5.52. The van der Waals surface area contributed by atoms with Crippen molar-refractivity contribution in [3.8, 4) is 11.3 Å². The SMILES string of the molecule is O=C(OCC(=O)N(Cc1ccccc1)c1nc(-c2ccc(Cl)cc2)cs1)C1C[C@@H]2CCC[C@@H](C1)C2=O. The molecule has 2 atom stereocenters. The van der Waals surface area contributed by atoms with Crippen LogP contribution in [0.4, 0.5) is 5.13 Å². The highest BCUT2D eigenvalue weighted by molar-refractivity contribution is 7.14. The minimum atomic E-state index is -0.381. The number of benzene rings is 2. The molecule has 2 saturated carbocycles. The van der Waals surface area contributed by atoms with Gasteiger partial charge in [0.15, 0.2) is 11.7 Å². The van der Waals surface area contributed by atoms with Crippen LogP contribution in [0.1, 0.15) is 37.7 Å². The molecule has 0 spiro atoms. The van der Waals surface area contributed by atoms with E-state index in [1.807, 2.05) is 47.8 Å². The minimum absolute atomic E-state index is 0.0399. The fourth-order valence-corrected chi connectivity index (χ4v) is 6.15. The average Bonchev–Trinajstić information content (AvgIpc) is 3.36. The van der Waals surface area contributed by atoms with Crippen LogP contribution in [-0.2, 0) is 25.7 Å². The highest BCUT2D eigenvalue weighted by atomic mass is 35.5. The van der Waals surface area contributed by atoms with Gasteiger partial charge in [-0.3, -0.25) is 19.3 Å². The van der Waals surface area contributed by atoms with E-state index in [0.717, 1.165) is 36.1 Å². The van der Waals surface area contributed by atoms with E-state index in [4.69, 9.17) is 21.3 Å². The van der Waals surface area contributed by atoms with Gasteiger partial charge in [0.05, 0.1) is 18.2 Å². The molecule has 36 heavy (non-hydrogen) atoms. The number of Topliss-reactive ketones (excluding diaryl/α,β-unsaturated/α-hetero) is 1. The maximum absolute atomic E-state index is 13.3. The molecule has 0 aliphatic heterocycles. The molecule has 1 amide bonds. The standard InChI is InChI=1S/C28H27ClN2O4S/c29-23-11-9-19(10-12-23)24-17-36-28(30-24)31(15-18-5-2-1-3-6-18)25(32)16-35-27(34)22-13-20-7-4-8-21(14-22)26(20)33/h1-3,5-6,9-12,17,20-22H,4,7-8,13-16H2/t20-,21-/m0/s1. The molecule has 5 rings (SSSR count). The Kier molecular flexibility index (Phi) is 7.48. The topological polar surface area (TPSA) is 76.6 Å². The summed E-state index contributed by atoms with van der Waals surface area (Å²) in [7, 11) is 0. The van der Waals surface area contributed by atoms with Gasteiger partial charge in [0.2, 0.25) is 0 Å². The second kappa shape index (κ2) is 10.9. The largest absolute Gasteiger partial charge is 0.455 e. The molecule has 186 valence electrons. The first-order valence-corrected chi connectivity index (χ1v) is 13.5. The zero-order valence-electron chi connectivity index (χ0n) is 19.8. The zero-order valence-corrected chi connectivity index (χ0v) is 21.3. The third-order valence-corrected chi connectivity index (χ3v) is 8.18. The molecular formula is C28H27ClN2O4S. The number of carbonyl (C=O) groups is 3. The van der Waals surface area contributed by atoms with E-state index < -0.39 is 0 Å². The molecule has 2 aromatic carbocycles. The molecule has 2 fully saturated rings.